The minimum absolute atomic E-state index is 0.127. The highest BCUT2D eigenvalue weighted by Gasteiger charge is 2.73. The second-order valence-electron chi connectivity index (χ2n) is 21.8. The fourth-order valence-corrected chi connectivity index (χ4v) is 14.3. The monoisotopic (exact) mass is 966 g/mol. The van der Waals surface area contributed by atoms with Crippen molar-refractivity contribution in [2.45, 2.75) is 208 Å². The Morgan fingerprint density at radius 1 is 0.721 bits per heavy atom. The number of esters is 7. The van der Waals surface area contributed by atoms with Gasteiger partial charge in [-0.25, -0.2) is 0 Å². The molecule has 1 saturated heterocycles. The van der Waals surface area contributed by atoms with Crippen molar-refractivity contribution in [2.24, 2.45) is 45.3 Å². The molecular formula is C50H79NO17. The minimum Gasteiger partial charge on any atom is -0.468 e. The van der Waals surface area contributed by atoms with Crippen LogP contribution >= 0.6 is 0 Å². The van der Waals surface area contributed by atoms with Crippen molar-refractivity contribution in [3.8, 4) is 0 Å². The normalized spacial score (nSPS) is 37.8. The van der Waals surface area contributed by atoms with Gasteiger partial charge in [-0.2, -0.15) is 0 Å². The molecule has 386 valence electrons. The van der Waals surface area contributed by atoms with E-state index in [1.165, 1.54) is 41.7 Å². The van der Waals surface area contributed by atoms with E-state index in [0.717, 1.165) is 46.0 Å². The fraction of sp³-hybridized carbons (Fsp3) is 0.860. The molecule has 0 amide bonds. The van der Waals surface area contributed by atoms with Crippen molar-refractivity contribution in [1.82, 2.24) is 5.32 Å². The number of carbonyl (C=O) groups excluding carboxylic acids is 7. The van der Waals surface area contributed by atoms with E-state index < -0.39 is 102 Å². The Morgan fingerprint density at radius 3 is 1.85 bits per heavy atom. The first-order valence-corrected chi connectivity index (χ1v) is 24.4. The van der Waals surface area contributed by atoms with Gasteiger partial charge in [0.15, 0.2) is 24.6 Å². The van der Waals surface area contributed by atoms with Crippen molar-refractivity contribution in [1.29, 1.82) is 0 Å². The maximum Gasteiger partial charge on any atom is 0.325 e. The molecule has 68 heavy (non-hydrogen) atoms. The molecule has 4 saturated carbocycles. The molecule has 0 spiro atoms. The van der Waals surface area contributed by atoms with Crippen LogP contribution in [0.5, 0.6) is 0 Å². The summed E-state index contributed by atoms with van der Waals surface area (Å²) in [5, 5.41) is 13.6. The molecule has 0 radical (unpaired) electrons. The molecular weight excluding hydrogens is 887 g/mol. The van der Waals surface area contributed by atoms with E-state index >= 15 is 0 Å². The summed E-state index contributed by atoms with van der Waals surface area (Å²) in [4.78, 5) is 88.7. The van der Waals surface area contributed by atoms with Gasteiger partial charge in [-0.15, -0.1) is 0 Å². The van der Waals surface area contributed by atoms with Crippen LogP contribution in [0, 0.1) is 45.3 Å². The van der Waals surface area contributed by atoms with Crippen molar-refractivity contribution in [2.75, 3.05) is 20.3 Å². The molecule has 18 nitrogen and oxygen atoms in total. The van der Waals surface area contributed by atoms with Gasteiger partial charge >= 0.3 is 41.8 Å². The van der Waals surface area contributed by atoms with Crippen LogP contribution in [0.2, 0.25) is 0 Å². The predicted molar refractivity (Wildman–Crippen MR) is 242 cm³/mol. The Bertz CT molecular complexity index is 1890. The Morgan fingerprint density at radius 2 is 1.29 bits per heavy atom. The summed E-state index contributed by atoms with van der Waals surface area (Å²) in [6, 6.07) is -1.02. The first-order chi connectivity index (χ1) is 31.6. The molecule has 5 rings (SSSR count). The summed E-state index contributed by atoms with van der Waals surface area (Å²) < 4.78 is 53.9. The third-order valence-corrected chi connectivity index (χ3v) is 17.2. The van der Waals surface area contributed by atoms with Gasteiger partial charge < -0.3 is 53.1 Å². The van der Waals surface area contributed by atoms with Crippen LogP contribution < -0.4 is 5.32 Å². The van der Waals surface area contributed by atoms with Crippen LogP contribution in [0.1, 0.15) is 148 Å². The molecule has 0 aromatic carbocycles. The predicted octanol–water partition coefficient (Wildman–Crippen LogP) is 5.30. The standard InChI is InChI=1S/C50H79NO17/c1-26(52)40(44(59)60-14)51-23-15-19-50(13,68-45-43(66-32(7)58)42(65-31(6)57)41(64-30(5)56)35(67-45)25-61-27(2)53)33-16-21-49(12)39(33)34(62-28(3)54)24-37-47(10)20-18-38(63-29(4)55)46(8,9)36(47)17-22-48(37,49)11/h26,33-43,45,51-52H,15-25H2,1-14H3/t26-,33?,34?,35-,36?,37?,38+,39+,40-,41-,42+,43-,45-,47+,48-,49-,50+/m1/s1. The number of carbonyl (C=O) groups is 7. The highest BCUT2D eigenvalue weighted by atomic mass is 16.7. The lowest BCUT2D eigenvalue weighted by molar-refractivity contribution is -0.339. The van der Waals surface area contributed by atoms with Gasteiger partial charge in [0, 0.05) is 52.9 Å². The highest BCUT2D eigenvalue weighted by Crippen LogP contribution is 2.76. The van der Waals surface area contributed by atoms with E-state index in [2.05, 4.69) is 39.9 Å². The first-order valence-electron chi connectivity index (χ1n) is 24.4. The molecule has 5 fully saturated rings. The number of hydrogen-bond acceptors (Lipinski definition) is 18. The molecule has 5 aliphatic rings. The molecule has 0 aromatic rings. The molecule has 1 heterocycles. The van der Waals surface area contributed by atoms with Crippen LogP contribution in [0.4, 0.5) is 0 Å². The smallest absolute Gasteiger partial charge is 0.325 e. The number of nitrogens with one attached hydrogen (secondary N) is 1. The van der Waals surface area contributed by atoms with Gasteiger partial charge in [0.1, 0.15) is 31.0 Å². The van der Waals surface area contributed by atoms with E-state index in [0.29, 0.717) is 19.3 Å². The van der Waals surface area contributed by atoms with Crippen molar-refractivity contribution in [3.05, 3.63) is 0 Å². The molecule has 0 bridgehead atoms. The molecule has 4 unspecified atom stereocenters. The number of fused-ring (bicyclic) bond motifs is 5. The highest BCUT2D eigenvalue weighted by molar-refractivity contribution is 5.76. The summed E-state index contributed by atoms with van der Waals surface area (Å²) in [5.74, 6) is -4.59. The van der Waals surface area contributed by atoms with Gasteiger partial charge in [-0.1, -0.05) is 34.6 Å². The number of aliphatic hydroxyl groups excluding tert-OH is 1. The van der Waals surface area contributed by atoms with E-state index in [9.17, 15) is 38.7 Å². The van der Waals surface area contributed by atoms with E-state index in [1.807, 2.05) is 6.92 Å². The van der Waals surface area contributed by atoms with Gasteiger partial charge in [0.25, 0.3) is 0 Å². The number of methoxy groups -OCH3 is 1. The number of hydrogen-bond donors (Lipinski definition) is 2. The third kappa shape index (κ3) is 11.0. The van der Waals surface area contributed by atoms with E-state index in [4.69, 9.17) is 42.6 Å². The lowest BCUT2D eigenvalue weighted by Gasteiger charge is -2.70. The number of rotatable bonds is 17. The lowest BCUT2D eigenvalue weighted by Crippen LogP contribution is -2.67. The zero-order valence-electron chi connectivity index (χ0n) is 42.8. The van der Waals surface area contributed by atoms with Gasteiger partial charge in [0.2, 0.25) is 0 Å². The zero-order chi connectivity index (χ0) is 50.9. The van der Waals surface area contributed by atoms with Crippen LogP contribution in [0.15, 0.2) is 0 Å². The van der Waals surface area contributed by atoms with Crippen LogP contribution in [-0.2, 0) is 76.2 Å². The van der Waals surface area contributed by atoms with Gasteiger partial charge in [0.05, 0.1) is 18.8 Å². The largest absolute Gasteiger partial charge is 0.468 e. The molecule has 18 heteroatoms. The van der Waals surface area contributed by atoms with Crippen molar-refractivity contribution in [3.63, 3.8) is 0 Å². The van der Waals surface area contributed by atoms with Crippen molar-refractivity contribution >= 4 is 41.8 Å². The van der Waals surface area contributed by atoms with Gasteiger partial charge in [-0.05, 0) is 112 Å². The van der Waals surface area contributed by atoms with E-state index in [1.54, 1.807) is 0 Å². The molecule has 1 aliphatic heterocycles. The first kappa shape index (κ1) is 55.1. The topological polar surface area (TPSA) is 235 Å². The molecule has 4 aliphatic carbocycles. The Labute approximate surface area is 401 Å². The quantitative estimate of drug-likeness (QED) is 0.107. The zero-order valence-corrected chi connectivity index (χ0v) is 42.8. The summed E-state index contributed by atoms with van der Waals surface area (Å²) >= 11 is 0. The summed E-state index contributed by atoms with van der Waals surface area (Å²) in [6.45, 7) is 22.3. The molecule has 17 atom stereocenters. The SMILES string of the molecule is COC(=O)[C@H](NCCC[C@](C)(O[C@H]1O[C@H](COC(C)=O)[C@@H](OC(C)=O)[C@H](OC(C)=O)[C@H]1OC(C)=O)C1CC[C@]2(C)[C@@H]1C(OC(C)=O)CC1[C@@]3(C)CC[C@H](OC(C)=O)C(C)(C)C3CC[C@]12C)[C@@H](C)O. The van der Waals surface area contributed by atoms with Crippen LogP contribution in [0.3, 0.4) is 0 Å². The molecule has 2 N–H and O–H groups in total. The fourth-order valence-electron chi connectivity index (χ4n) is 14.3. The maximum atomic E-state index is 13.3. The number of ether oxygens (including phenoxy) is 9. The maximum absolute atomic E-state index is 13.3. The third-order valence-electron chi connectivity index (χ3n) is 17.2. The number of aliphatic hydroxyl groups is 1. The van der Waals surface area contributed by atoms with Crippen molar-refractivity contribution < 1.29 is 81.3 Å². The van der Waals surface area contributed by atoms with Crippen LogP contribution in [0.25, 0.3) is 0 Å². The minimum atomic E-state index is -1.50. The Balaban J connectivity index is 1.62. The average molecular weight is 966 g/mol. The second-order valence-corrected chi connectivity index (χ2v) is 21.8. The lowest BCUT2D eigenvalue weighted by atomic mass is 9.35. The van der Waals surface area contributed by atoms with Gasteiger partial charge in [-0.3, -0.25) is 33.6 Å². The summed E-state index contributed by atoms with van der Waals surface area (Å²) in [5.41, 5.74) is -2.37. The second kappa shape index (κ2) is 21.2. The summed E-state index contributed by atoms with van der Waals surface area (Å²) in [7, 11) is 1.24. The summed E-state index contributed by atoms with van der Waals surface area (Å²) in [6.07, 6.45) is -2.98. The van der Waals surface area contributed by atoms with Crippen LogP contribution in [-0.4, -0.2) is 128 Å². The Kier molecular flexibility index (Phi) is 17.2. The van der Waals surface area contributed by atoms with E-state index in [-0.39, 0.29) is 65.0 Å². The average Bonchev–Trinajstić information content (AvgIpc) is 3.60. The Hall–Kier alpha value is -3.87. The molecule has 0 aromatic heterocycles.